The van der Waals surface area contributed by atoms with E-state index in [0.717, 1.165) is 31.2 Å². The summed E-state index contributed by atoms with van der Waals surface area (Å²) < 4.78 is 0. The summed E-state index contributed by atoms with van der Waals surface area (Å²) in [5.41, 5.74) is 0.965. The van der Waals surface area contributed by atoms with Crippen molar-refractivity contribution in [2.75, 3.05) is 32.7 Å². The second kappa shape index (κ2) is 13.3. The Labute approximate surface area is 182 Å². The summed E-state index contributed by atoms with van der Waals surface area (Å²) in [4.78, 5) is 7.34. The molecule has 2 rings (SSSR count). The van der Waals surface area contributed by atoms with Crippen molar-refractivity contribution in [3.05, 3.63) is 35.9 Å². The minimum Gasteiger partial charge on any atom is -0.388 e. The smallest absolute Gasteiger partial charge is 0.191 e. The van der Waals surface area contributed by atoms with Gasteiger partial charge in [0.15, 0.2) is 5.96 Å². The number of nitrogens with one attached hydrogen (secondary N) is 2. The molecule has 0 radical (unpaired) electrons. The number of likely N-dealkylation sites (tertiary alicyclic amines) is 1. The zero-order valence-electron chi connectivity index (χ0n) is 17.0. The molecule has 1 heterocycles. The molecule has 0 aliphatic carbocycles. The van der Waals surface area contributed by atoms with E-state index in [4.69, 9.17) is 4.99 Å². The molecule has 1 fully saturated rings. The van der Waals surface area contributed by atoms with Crippen LogP contribution in [0.4, 0.5) is 0 Å². The molecule has 1 saturated heterocycles. The number of benzene rings is 1. The van der Waals surface area contributed by atoms with Crippen molar-refractivity contribution in [1.82, 2.24) is 15.5 Å². The van der Waals surface area contributed by atoms with Gasteiger partial charge in [0.2, 0.25) is 0 Å². The van der Waals surface area contributed by atoms with E-state index >= 15 is 0 Å². The maximum absolute atomic E-state index is 10.3. The van der Waals surface area contributed by atoms with Crippen LogP contribution >= 0.6 is 24.0 Å². The quantitative estimate of drug-likeness (QED) is 0.298. The fourth-order valence-electron chi connectivity index (χ4n) is 3.45. The molecule has 1 aromatic carbocycles. The lowest BCUT2D eigenvalue weighted by Gasteiger charge is -2.34. The van der Waals surface area contributed by atoms with E-state index in [1.165, 1.54) is 19.4 Å². The van der Waals surface area contributed by atoms with Gasteiger partial charge in [-0.2, -0.15) is 0 Å². The Kier molecular flexibility index (Phi) is 11.9. The van der Waals surface area contributed by atoms with E-state index in [-0.39, 0.29) is 24.0 Å². The molecule has 1 aromatic rings. The highest BCUT2D eigenvalue weighted by atomic mass is 127. The number of piperidine rings is 1. The first-order valence-electron chi connectivity index (χ1n) is 10.1. The van der Waals surface area contributed by atoms with Gasteiger partial charge >= 0.3 is 0 Å². The molecule has 3 N–H and O–H groups in total. The third-order valence-electron chi connectivity index (χ3n) is 5.03. The second-order valence-electron chi connectivity index (χ2n) is 7.46. The average Bonchev–Trinajstić information content (AvgIpc) is 2.67. The van der Waals surface area contributed by atoms with Gasteiger partial charge in [-0.05, 0) is 58.1 Å². The molecule has 154 valence electrons. The fourth-order valence-corrected chi connectivity index (χ4v) is 3.45. The first-order valence-corrected chi connectivity index (χ1v) is 10.1. The van der Waals surface area contributed by atoms with Crippen LogP contribution in [0.2, 0.25) is 0 Å². The van der Waals surface area contributed by atoms with Crippen LogP contribution in [0.1, 0.15) is 51.7 Å². The molecule has 5 nitrogen and oxygen atoms in total. The number of guanidine groups is 1. The molecule has 6 heteroatoms. The van der Waals surface area contributed by atoms with Gasteiger partial charge < -0.3 is 20.6 Å². The lowest BCUT2D eigenvalue weighted by atomic mass is 9.97. The number of halogens is 1. The Bertz CT molecular complexity index is 538. The van der Waals surface area contributed by atoms with Crippen LogP contribution in [0.5, 0.6) is 0 Å². The second-order valence-corrected chi connectivity index (χ2v) is 7.46. The number of aliphatic hydroxyl groups excluding tert-OH is 1. The predicted molar refractivity (Wildman–Crippen MR) is 125 cm³/mol. The Morgan fingerprint density at radius 2 is 2.00 bits per heavy atom. The van der Waals surface area contributed by atoms with Crippen molar-refractivity contribution >= 4 is 29.9 Å². The van der Waals surface area contributed by atoms with Crippen LogP contribution in [-0.4, -0.2) is 54.7 Å². The highest BCUT2D eigenvalue weighted by molar-refractivity contribution is 14.0. The zero-order valence-corrected chi connectivity index (χ0v) is 19.4. The highest BCUT2D eigenvalue weighted by Gasteiger charge is 2.21. The summed E-state index contributed by atoms with van der Waals surface area (Å²) in [6.45, 7) is 11.4. The van der Waals surface area contributed by atoms with Crippen molar-refractivity contribution in [3.63, 3.8) is 0 Å². The van der Waals surface area contributed by atoms with Crippen LogP contribution in [0.3, 0.4) is 0 Å². The Morgan fingerprint density at radius 1 is 1.26 bits per heavy atom. The van der Waals surface area contributed by atoms with Crippen LogP contribution in [0, 0.1) is 5.92 Å². The van der Waals surface area contributed by atoms with Gasteiger partial charge in [-0.15, -0.1) is 24.0 Å². The molecule has 27 heavy (non-hydrogen) atoms. The van der Waals surface area contributed by atoms with E-state index in [1.54, 1.807) is 0 Å². The first kappa shape index (κ1) is 24.2. The molecule has 0 bridgehead atoms. The summed E-state index contributed by atoms with van der Waals surface area (Å²) in [5.74, 6) is 1.49. The SMILES string of the molecule is CCNC(=NCC1CCCN(C(C)C)C1)NCCC(O)c1ccccc1.I. The van der Waals surface area contributed by atoms with Gasteiger partial charge in [-0.3, -0.25) is 4.99 Å². The number of aliphatic imine (C=N–C) groups is 1. The number of hydrogen-bond donors (Lipinski definition) is 3. The summed E-state index contributed by atoms with van der Waals surface area (Å²) in [6, 6.07) is 10.4. The lowest BCUT2D eigenvalue weighted by Crippen LogP contribution is -2.42. The summed E-state index contributed by atoms with van der Waals surface area (Å²) in [5, 5.41) is 16.9. The van der Waals surface area contributed by atoms with Gasteiger partial charge in [-0.25, -0.2) is 0 Å². The molecule has 2 atom stereocenters. The van der Waals surface area contributed by atoms with Crippen LogP contribution in [-0.2, 0) is 0 Å². The van der Waals surface area contributed by atoms with Crippen LogP contribution in [0.15, 0.2) is 35.3 Å². The summed E-state index contributed by atoms with van der Waals surface area (Å²) in [7, 11) is 0. The maximum atomic E-state index is 10.3. The van der Waals surface area contributed by atoms with Gasteiger partial charge in [-0.1, -0.05) is 30.3 Å². The average molecular weight is 488 g/mol. The Morgan fingerprint density at radius 3 is 2.67 bits per heavy atom. The molecule has 2 unspecified atom stereocenters. The number of rotatable bonds is 8. The van der Waals surface area contributed by atoms with E-state index in [9.17, 15) is 5.11 Å². The molecular formula is C21H37IN4O. The highest BCUT2D eigenvalue weighted by Crippen LogP contribution is 2.18. The van der Waals surface area contributed by atoms with Gasteiger partial charge in [0, 0.05) is 32.2 Å². The molecule has 0 aromatic heterocycles. The molecule has 0 amide bonds. The van der Waals surface area contributed by atoms with Crippen molar-refractivity contribution < 1.29 is 5.11 Å². The molecular weight excluding hydrogens is 451 g/mol. The summed E-state index contributed by atoms with van der Waals surface area (Å²) >= 11 is 0. The van der Waals surface area contributed by atoms with Crippen molar-refractivity contribution in [1.29, 1.82) is 0 Å². The standard InChI is InChI=1S/C21H36N4O.HI/c1-4-22-21(23-13-12-20(26)19-10-6-5-7-11-19)24-15-18-9-8-14-25(16-18)17(2)3;/h5-7,10-11,17-18,20,26H,4,8-9,12-16H2,1-3H3,(H2,22,23,24);1H. The lowest BCUT2D eigenvalue weighted by molar-refractivity contribution is 0.143. The van der Waals surface area contributed by atoms with Crippen molar-refractivity contribution in [2.24, 2.45) is 10.9 Å². The number of nitrogens with zero attached hydrogens (tertiary/aromatic N) is 2. The van der Waals surface area contributed by atoms with Gasteiger partial charge in [0.1, 0.15) is 0 Å². The molecule has 1 aliphatic heterocycles. The summed E-state index contributed by atoms with van der Waals surface area (Å²) in [6.07, 6.45) is 2.76. The third-order valence-corrected chi connectivity index (χ3v) is 5.03. The van der Waals surface area contributed by atoms with Crippen molar-refractivity contribution in [3.8, 4) is 0 Å². The minimum atomic E-state index is -0.440. The van der Waals surface area contributed by atoms with E-state index in [1.807, 2.05) is 30.3 Å². The molecule has 1 aliphatic rings. The van der Waals surface area contributed by atoms with Crippen LogP contribution in [0.25, 0.3) is 0 Å². The third kappa shape index (κ3) is 8.79. The number of hydrogen-bond acceptors (Lipinski definition) is 3. The molecule has 0 spiro atoms. The first-order chi connectivity index (χ1) is 12.6. The zero-order chi connectivity index (χ0) is 18.8. The maximum Gasteiger partial charge on any atom is 0.191 e. The van der Waals surface area contributed by atoms with Gasteiger partial charge in [0.05, 0.1) is 6.10 Å². The number of aliphatic hydroxyl groups is 1. The van der Waals surface area contributed by atoms with Crippen molar-refractivity contribution in [2.45, 2.75) is 52.2 Å². The topological polar surface area (TPSA) is 59.9 Å². The fraction of sp³-hybridized carbons (Fsp3) is 0.667. The van der Waals surface area contributed by atoms with E-state index in [2.05, 4.69) is 36.3 Å². The molecule has 0 saturated carbocycles. The van der Waals surface area contributed by atoms with Gasteiger partial charge in [0.25, 0.3) is 0 Å². The van der Waals surface area contributed by atoms with E-state index < -0.39 is 6.10 Å². The predicted octanol–water partition coefficient (Wildman–Crippen LogP) is 3.40. The normalized spacial score (nSPS) is 19.4. The minimum absolute atomic E-state index is 0. The monoisotopic (exact) mass is 488 g/mol. The Balaban J connectivity index is 0.00000364. The largest absolute Gasteiger partial charge is 0.388 e. The Hall–Kier alpha value is -0.860. The van der Waals surface area contributed by atoms with E-state index in [0.29, 0.717) is 24.9 Å². The van der Waals surface area contributed by atoms with Crippen LogP contribution < -0.4 is 10.6 Å².